The molecule has 1 aromatic carbocycles. The van der Waals surface area contributed by atoms with Gasteiger partial charge in [0.2, 0.25) is 0 Å². The van der Waals surface area contributed by atoms with Gasteiger partial charge in [-0.2, -0.15) is 13.2 Å². The Labute approximate surface area is 194 Å². The third-order valence-corrected chi connectivity index (χ3v) is 8.70. The molecule has 0 aromatic heterocycles. The van der Waals surface area contributed by atoms with Gasteiger partial charge in [-0.3, -0.25) is 4.79 Å². The molecule has 2 nitrogen and oxygen atoms in total. The van der Waals surface area contributed by atoms with E-state index in [9.17, 15) is 22.4 Å². The number of carbonyl (C=O) groups is 1. The Kier molecular flexibility index (Phi) is 7.69. The van der Waals surface area contributed by atoms with Crippen LogP contribution in [0.3, 0.4) is 0 Å². The van der Waals surface area contributed by atoms with E-state index in [1.165, 1.54) is 51.4 Å². The number of rotatable bonds is 5. The average molecular weight is 469 g/mol. The molecule has 6 heteroatoms. The molecule has 0 bridgehead atoms. The second kappa shape index (κ2) is 10.4. The highest BCUT2D eigenvalue weighted by atomic mass is 19.4. The smallest absolute Gasteiger partial charge is 0.419 e. The monoisotopic (exact) mass is 468 g/mol. The Balaban J connectivity index is 1.25. The fourth-order valence-electron chi connectivity index (χ4n) is 6.94. The third kappa shape index (κ3) is 5.92. The zero-order valence-corrected chi connectivity index (χ0v) is 19.5. The van der Waals surface area contributed by atoms with Crippen LogP contribution in [0.25, 0.3) is 0 Å². The number of halogens is 4. The standard InChI is InChI=1S/C27H36F4O2/c1-2-3-17-4-5-22-15-21(11-10-20(22)14-17)18-6-8-19(9-7-18)26(32)33-23-12-13-24(25(28)16-23)27(29,30)31/h12-13,16-22H,2-11,14-15H2,1H3. The van der Waals surface area contributed by atoms with Crippen LogP contribution in [0.1, 0.15) is 89.5 Å². The predicted octanol–water partition coefficient (Wildman–Crippen LogP) is 8.19. The Morgan fingerprint density at radius 2 is 1.52 bits per heavy atom. The van der Waals surface area contributed by atoms with E-state index in [2.05, 4.69) is 6.92 Å². The number of hydrogen-bond donors (Lipinski definition) is 0. The van der Waals surface area contributed by atoms with Crippen LogP contribution in [0.5, 0.6) is 5.75 Å². The highest BCUT2D eigenvalue weighted by molar-refractivity contribution is 5.75. The van der Waals surface area contributed by atoms with Gasteiger partial charge >= 0.3 is 12.1 Å². The summed E-state index contributed by atoms with van der Waals surface area (Å²) in [5.74, 6) is 1.86. The lowest BCUT2D eigenvalue weighted by Gasteiger charge is -2.45. The van der Waals surface area contributed by atoms with Gasteiger partial charge in [0, 0.05) is 6.07 Å². The zero-order valence-electron chi connectivity index (χ0n) is 19.5. The summed E-state index contributed by atoms with van der Waals surface area (Å²) in [6.45, 7) is 2.29. The molecule has 0 spiro atoms. The van der Waals surface area contributed by atoms with Crippen molar-refractivity contribution in [3.63, 3.8) is 0 Å². The van der Waals surface area contributed by atoms with Gasteiger partial charge in [-0.1, -0.05) is 26.2 Å². The van der Waals surface area contributed by atoms with Gasteiger partial charge in [-0.25, -0.2) is 4.39 Å². The molecule has 3 fully saturated rings. The van der Waals surface area contributed by atoms with Gasteiger partial charge in [-0.15, -0.1) is 0 Å². The molecule has 0 amide bonds. The summed E-state index contributed by atoms with van der Waals surface area (Å²) in [4.78, 5) is 12.5. The molecule has 0 N–H and O–H groups in total. The van der Waals surface area contributed by atoms with Gasteiger partial charge in [0.25, 0.3) is 0 Å². The van der Waals surface area contributed by atoms with Crippen molar-refractivity contribution in [2.24, 2.45) is 35.5 Å². The van der Waals surface area contributed by atoms with E-state index in [-0.39, 0.29) is 11.7 Å². The number of benzene rings is 1. The van der Waals surface area contributed by atoms with Crippen molar-refractivity contribution in [2.45, 2.75) is 90.1 Å². The maximum absolute atomic E-state index is 13.8. The lowest BCUT2D eigenvalue weighted by atomic mass is 9.60. The van der Waals surface area contributed by atoms with Crippen molar-refractivity contribution in [2.75, 3.05) is 0 Å². The third-order valence-electron chi connectivity index (χ3n) is 8.70. The summed E-state index contributed by atoms with van der Waals surface area (Å²) in [6, 6.07) is 2.30. The predicted molar refractivity (Wildman–Crippen MR) is 119 cm³/mol. The van der Waals surface area contributed by atoms with Crippen molar-refractivity contribution >= 4 is 5.97 Å². The molecule has 0 radical (unpaired) electrons. The minimum Gasteiger partial charge on any atom is -0.426 e. The maximum atomic E-state index is 13.8. The Morgan fingerprint density at radius 3 is 2.15 bits per heavy atom. The van der Waals surface area contributed by atoms with Crippen LogP contribution in [0.15, 0.2) is 18.2 Å². The molecular weight excluding hydrogens is 432 g/mol. The molecule has 184 valence electrons. The second-order valence-corrected chi connectivity index (χ2v) is 10.7. The van der Waals surface area contributed by atoms with Gasteiger partial charge < -0.3 is 4.74 Å². The minimum absolute atomic E-state index is 0.162. The Morgan fingerprint density at radius 1 is 0.909 bits per heavy atom. The summed E-state index contributed by atoms with van der Waals surface area (Å²) >= 11 is 0. The van der Waals surface area contributed by atoms with Gasteiger partial charge in [-0.05, 0) is 99.5 Å². The summed E-state index contributed by atoms with van der Waals surface area (Å²) in [5, 5.41) is 0. The lowest BCUT2D eigenvalue weighted by Crippen LogP contribution is -2.35. The van der Waals surface area contributed by atoms with Crippen LogP contribution in [0.4, 0.5) is 17.6 Å². The molecule has 1 aromatic rings. The Hall–Kier alpha value is -1.59. The van der Waals surface area contributed by atoms with Gasteiger partial charge in [0.05, 0.1) is 11.5 Å². The number of hydrogen-bond acceptors (Lipinski definition) is 2. The molecule has 4 rings (SSSR count). The lowest BCUT2D eigenvalue weighted by molar-refractivity contribution is -0.140. The topological polar surface area (TPSA) is 26.3 Å². The van der Waals surface area contributed by atoms with E-state index in [0.717, 1.165) is 55.4 Å². The maximum Gasteiger partial charge on any atom is 0.419 e. The van der Waals surface area contributed by atoms with Crippen molar-refractivity contribution < 1.29 is 27.1 Å². The van der Waals surface area contributed by atoms with E-state index in [4.69, 9.17) is 4.74 Å². The number of carbonyl (C=O) groups excluding carboxylic acids is 1. The van der Waals surface area contributed by atoms with Crippen LogP contribution in [-0.2, 0) is 11.0 Å². The van der Waals surface area contributed by atoms with Gasteiger partial charge in [0.1, 0.15) is 11.6 Å². The molecule has 3 saturated carbocycles. The van der Waals surface area contributed by atoms with Crippen molar-refractivity contribution in [3.8, 4) is 5.75 Å². The molecule has 3 aliphatic carbocycles. The molecule has 0 heterocycles. The Bertz CT molecular complexity index is 813. The van der Waals surface area contributed by atoms with E-state index in [1.807, 2.05) is 0 Å². The van der Waals surface area contributed by atoms with E-state index >= 15 is 0 Å². The van der Waals surface area contributed by atoms with Crippen LogP contribution in [-0.4, -0.2) is 5.97 Å². The number of ether oxygens (including phenoxy) is 1. The zero-order chi connectivity index (χ0) is 23.6. The number of fused-ring (bicyclic) bond motifs is 1. The highest BCUT2D eigenvalue weighted by Crippen LogP contribution is 2.49. The van der Waals surface area contributed by atoms with Crippen LogP contribution in [0.2, 0.25) is 0 Å². The van der Waals surface area contributed by atoms with Crippen molar-refractivity contribution in [1.82, 2.24) is 0 Å². The summed E-state index contributed by atoms with van der Waals surface area (Å²) in [6.07, 6.45) is 9.62. The fraction of sp³-hybridized carbons (Fsp3) is 0.741. The molecule has 0 saturated heterocycles. The largest absolute Gasteiger partial charge is 0.426 e. The number of alkyl halides is 3. The first-order chi connectivity index (χ1) is 15.7. The molecule has 4 unspecified atom stereocenters. The fourth-order valence-corrected chi connectivity index (χ4v) is 6.94. The second-order valence-electron chi connectivity index (χ2n) is 10.7. The molecular formula is C27H36F4O2. The first-order valence-electron chi connectivity index (χ1n) is 12.8. The average Bonchev–Trinajstić information content (AvgIpc) is 2.78. The SMILES string of the molecule is CCCC1CCC2CC(C3CCC(C(=O)Oc4ccc(C(F)(F)F)c(F)c4)CC3)CCC2C1. The summed E-state index contributed by atoms with van der Waals surface area (Å²) < 4.78 is 57.1. The van der Waals surface area contributed by atoms with Crippen molar-refractivity contribution in [1.29, 1.82) is 0 Å². The molecule has 0 aliphatic heterocycles. The van der Waals surface area contributed by atoms with E-state index in [0.29, 0.717) is 18.1 Å². The summed E-state index contributed by atoms with van der Waals surface area (Å²) in [5.41, 5.74) is -1.35. The minimum atomic E-state index is -4.76. The van der Waals surface area contributed by atoms with E-state index < -0.39 is 23.5 Å². The van der Waals surface area contributed by atoms with Crippen molar-refractivity contribution in [3.05, 3.63) is 29.6 Å². The van der Waals surface area contributed by atoms with Crippen LogP contribution >= 0.6 is 0 Å². The highest BCUT2D eigenvalue weighted by Gasteiger charge is 2.39. The van der Waals surface area contributed by atoms with Gasteiger partial charge in [0.15, 0.2) is 0 Å². The van der Waals surface area contributed by atoms with Crippen LogP contribution in [0, 0.1) is 41.3 Å². The summed E-state index contributed by atoms with van der Waals surface area (Å²) in [7, 11) is 0. The molecule has 4 atom stereocenters. The molecule has 33 heavy (non-hydrogen) atoms. The quantitative estimate of drug-likeness (QED) is 0.247. The number of esters is 1. The van der Waals surface area contributed by atoms with Crippen LogP contribution < -0.4 is 4.74 Å². The molecule has 3 aliphatic rings. The van der Waals surface area contributed by atoms with E-state index in [1.54, 1.807) is 0 Å². The first-order valence-corrected chi connectivity index (χ1v) is 12.8. The normalized spacial score (nSPS) is 32.8. The first kappa shape index (κ1) is 24.5.